The lowest BCUT2D eigenvalue weighted by Gasteiger charge is -2.26. The Morgan fingerprint density at radius 2 is 2.00 bits per heavy atom. The number of amides is 1. The van der Waals surface area contributed by atoms with E-state index in [4.69, 9.17) is 9.72 Å². The second-order valence-electron chi connectivity index (χ2n) is 12.2. The van der Waals surface area contributed by atoms with Gasteiger partial charge in [-0.3, -0.25) is 9.59 Å². The molecular formula is C34H43N5O3. The quantitative estimate of drug-likeness (QED) is 0.212. The smallest absolute Gasteiger partial charge is 0.307 e. The van der Waals surface area contributed by atoms with Gasteiger partial charge in [0, 0.05) is 36.1 Å². The first-order valence-corrected chi connectivity index (χ1v) is 14.7. The van der Waals surface area contributed by atoms with E-state index in [2.05, 4.69) is 28.8 Å². The van der Waals surface area contributed by atoms with Crippen LogP contribution in [0.3, 0.4) is 0 Å². The van der Waals surface area contributed by atoms with E-state index in [1.165, 1.54) is 0 Å². The molecule has 0 spiro atoms. The van der Waals surface area contributed by atoms with Gasteiger partial charge in [0.1, 0.15) is 5.60 Å². The number of carbonyl (C=O) groups excluding carboxylic acids is 2. The minimum Gasteiger partial charge on any atom is -0.460 e. The van der Waals surface area contributed by atoms with Crippen LogP contribution in [0, 0.1) is 25.7 Å². The molecule has 0 radical (unpaired) electrons. The Bertz CT molecular complexity index is 1510. The Morgan fingerprint density at radius 1 is 1.21 bits per heavy atom. The van der Waals surface area contributed by atoms with Gasteiger partial charge in [-0.15, -0.1) is 0 Å². The lowest BCUT2D eigenvalue weighted by Crippen LogP contribution is -2.37. The number of aromatic nitrogens is 4. The number of allylic oxidation sites excluding steroid dienone is 4. The average Bonchev–Trinajstić information content (AvgIpc) is 3.54. The van der Waals surface area contributed by atoms with Gasteiger partial charge < -0.3 is 9.64 Å². The molecule has 42 heavy (non-hydrogen) atoms. The van der Waals surface area contributed by atoms with Crippen molar-refractivity contribution >= 4 is 28.6 Å². The SMILES string of the molecule is C=C(/C=C(\C=C/C)n1nc(C)cc1C)[C@H](CC(=O)OC(C)(C)C)C(=O)N1CC[C@@H](CCc2ccc3cccnc3n2)C1. The summed E-state index contributed by atoms with van der Waals surface area (Å²) in [4.78, 5) is 37.9. The van der Waals surface area contributed by atoms with E-state index in [9.17, 15) is 9.59 Å². The minimum absolute atomic E-state index is 0.0686. The van der Waals surface area contributed by atoms with E-state index in [1.807, 2.05) is 87.6 Å². The zero-order chi connectivity index (χ0) is 30.4. The van der Waals surface area contributed by atoms with Gasteiger partial charge in [-0.1, -0.05) is 12.7 Å². The topological polar surface area (TPSA) is 90.2 Å². The highest BCUT2D eigenvalue weighted by molar-refractivity contribution is 5.87. The maximum atomic E-state index is 14.0. The number of likely N-dealkylation sites (tertiary alicyclic amines) is 1. The molecule has 3 aromatic rings. The minimum atomic E-state index is -0.732. The van der Waals surface area contributed by atoms with Crippen LogP contribution in [0.25, 0.3) is 16.7 Å². The number of rotatable bonds is 10. The summed E-state index contributed by atoms with van der Waals surface area (Å²) in [6.07, 6.45) is 10.1. The van der Waals surface area contributed by atoms with Crippen LogP contribution in [0.2, 0.25) is 0 Å². The molecule has 8 heteroatoms. The van der Waals surface area contributed by atoms with E-state index in [-0.39, 0.29) is 12.3 Å². The van der Waals surface area contributed by atoms with Crippen molar-refractivity contribution in [3.63, 3.8) is 0 Å². The zero-order valence-electron chi connectivity index (χ0n) is 25.8. The average molecular weight is 570 g/mol. The van der Waals surface area contributed by atoms with Crippen molar-refractivity contribution in [1.82, 2.24) is 24.6 Å². The van der Waals surface area contributed by atoms with Crippen LogP contribution in [0.4, 0.5) is 0 Å². The Morgan fingerprint density at radius 3 is 2.69 bits per heavy atom. The van der Waals surface area contributed by atoms with Gasteiger partial charge in [0.2, 0.25) is 5.91 Å². The fraction of sp³-hybridized carbons (Fsp3) is 0.441. The Hall–Kier alpha value is -4.07. The van der Waals surface area contributed by atoms with Crippen molar-refractivity contribution in [2.45, 2.75) is 72.8 Å². The molecule has 2 atom stereocenters. The maximum Gasteiger partial charge on any atom is 0.307 e. The van der Waals surface area contributed by atoms with Crippen LogP contribution >= 0.6 is 0 Å². The molecule has 222 valence electrons. The molecule has 1 fully saturated rings. The van der Waals surface area contributed by atoms with E-state index in [0.29, 0.717) is 24.6 Å². The summed E-state index contributed by atoms with van der Waals surface area (Å²) in [5.74, 6) is -0.884. The van der Waals surface area contributed by atoms with Gasteiger partial charge in [0.25, 0.3) is 0 Å². The van der Waals surface area contributed by atoms with Crippen molar-refractivity contribution in [1.29, 1.82) is 0 Å². The summed E-state index contributed by atoms with van der Waals surface area (Å²) >= 11 is 0. The molecule has 1 saturated heterocycles. The molecular weight excluding hydrogens is 526 g/mol. The molecule has 0 saturated carbocycles. The third kappa shape index (κ3) is 8.02. The fourth-order valence-electron chi connectivity index (χ4n) is 5.43. The lowest BCUT2D eigenvalue weighted by atomic mass is 9.93. The summed E-state index contributed by atoms with van der Waals surface area (Å²) in [7, 11) is 0. The zero-order valence-corrected chi connectivity index (χ0v) is 25.8. The Kier molecular flexibility index (Phi) is 9.76. The van der Waals surface area contributed by atoms with Crippen molar-refractivity contribution in [2.24, 2.45) is 11.8 Å². The molecule has 0 unspecified atom stereocenters. The highest BCUT2D eigenvalue weighted by Gasteiger charge is 2.34. The molecule has 1 aliphatic rings. The van der Waals surface area contributed by atoms with Gasteiger partial charge in [-0.2, -0.15) is 5.10 Å². The van der Waals surface area contributed by atoms with E-state index < -0.39 is 17.5 Å². The summed E-state index contributed by atoms with van der Waals surface area (Å²) in [6.45, 7) is 16.9. The van der Waals surface area contributed by atoms with Crippen molar-refractivity contribution in [3.05, 3.63) is 84.0 Å². The van der Waals surface area contributed by atoms with Crippen LogP contribution in [0.5, 0.6) is 0 Å². The third-order valence-electron chi connectivity index (χ3n) is 7.39. The van der Waals surface area contributed by atoms with Gasteiger partial charge in [0.05, 0.1) is 23.7 Å². The number of nitrogens with zero attached hydrogens (tertiary/aromatic N) is 5. The first-order valence-electron chi connectivity index (χ1n) is 14.7. The molecule has 0 N–H and O–H groups in total. The van der Waals surface area contributed by atoms with E-state index in [0.717, 1.165) is 53.1 Å². The Balaban J connectivity index is 1.49. The normalized spacial score (nSPS) is 16.8. The number of pyridine rings is 2. The van der Waals surface area contributed by atoms with Crippen LogP contribution in [0.15, 0.2) is 66.9 Å². The molecule has 4 heterocycles. The molecule has 8 nitrogen and oxygen atoms in total. The van der Waals surface area contributed by atoms with E-state index in [1.54, 1.807) is 6.20 Å². The number of hydrogen-bond acceptors (Lipinski definition) is 6. The van der Waals surface area contributed by atoms with Gasteiger partial charge in [-0.05, 0) is 115 Å². The summed E-state index contributed by atoms with van der Waals surface area (Å²) < 4.78 is 7.45. The maximum absolute atomic E-state index is 14.0. The van der Waals surface area contributed by atoms with Crippen LogP contribution < -0.4 is 0 Å². The largest absolute Gasteiger partial charge is 0.460 e. The predicted molar refractivity (Wildman–Crippen MR) is 166 cm³/mol. The van der Waals surface area contributed by atoms with Crippen LogP contribution in [0.1, 0.15) is 64.0 Å². The number of carbonyl (C=O) groups is 2. The second-order valence-corrected chi connectivity index (χ2v) is 12.2. The monoisotopic (exact) mass is 569 g/mol. The summed E-state index contributed by atoms with van der Waals surface area (Å²) in [5, 5.41) is 5.63. The summed E-state index contributed by atoms with van der Waals surface area (Å²) in [6, 6.07) is 10.0. The Labute approximate surface area is 249 Å². The van der Waals surface area contributed by atoms with Gasteiger partial charge in [-0.25, -0.2) is 14.6 Å². The fourth-order valence-corrected chi connectivity index (χ4v) is 5.43. The number of ether oxygens (including phenoxy) is 1. The highest BCUT2D eigenvalue weighted by atomic mass is 16.6. The van der Waals surface area contributed by atoms with Crippen molar-refractivity contribution < 1.29 is 14.3 Å². The number of hydrogen-bond donors (Lipinski definition) is 0. The molecule has 0 bridgehead atoms. The van der Waals surface area contributed by atoms with Crippen molar-refractivity contribution in [2.75, 3.05) is 13.1 Å². The van der Waals surface area contributed by atoms with Crippen LogP contribution in [-0.4, -0.2) is 55.2 Å². The molecule has 0 aromatic carbocycles. The predicted octanol–water partition coefficient (Wildman–Crippen LogP) is 6.25. The van der Waals surface area contributed by atoms with Gasteiger partial charge >= 0.3 is 5.97 Å². The summed E-state index contributed by atoms with van der Waals surface area (Å²) in [5.41, 5.74) is 4.33. The molecule has 0 aliphatic carbocycles. The third-order valence-corrected chi connectivity index (χ3v) is 7.39. The first-order chi connectivity index (χ1) is 19.9. The second kappa shape index (κ2) is 13.3. The molecule has 1 amide bonds. The van der Waals surface area contributed by atoms with Crippen molar-refractivity contribution in [3.8, 4) is 0 Å². The number of aryl methyl sites for hydroxylation is 3. The highest BCUT2D eigenvalue weighted by Crippen LogP contribution is 2.28. The molecule has 1 aliphatic heterocycles. The number of fused-ring (bicyclic) bond motifs is 1. The van der Waals surface area contributed by atoms with Crippen LogP contribution in [-0.2, 0) is 20.7 Å². The standard InChI is InChI=1S/C34H43N5O3/c1-8-10-29(39-25(4)20-24(3)37-39)19-23(2)30(21-31(40)42-34(5,6)7)33(41)38-18-16-26(22-38)12-14-28-15-13-27-11-9-17-35-32(27)36-28/h8-11,13,15,17,19-20,26,30H,2,12,14,16,18,21-22H2,1,3-7H3/b10-8-,29-19+/t26-,30+/m1/s1. The first kappa shape index (κ1) is 30.9. The van der Waals surface area contributed by atoms with Gasteiger partial charge in [0.15, 0.2) is 5.65 Å². The molecule has 4 rings (SSSR count). The van der Waals surface area contributed by atoms with E-state index >= 15 is 0 Å². The molecule has 3 aromatic heterocycles. The number of esters is 1. The lowest BCUT2D eigenvalue weighted by molar-refractivity contribution is -0.157.